The van der Waals surface area contributed by atoms with Gasteiger partial charge in [-0.2, -0.15) is 0 Å². The maximum Gasteiger partial charge on any atom is 0.227 e. The number of pyridine rings is 1. The monoisotopic (exact) mass is 722 g/mol. The van der Waals surface area contributed by atoms with Gasteiger partial charge in [0, 0.05) is 30.7 Å². The molecule has 0 aliphatic heterocycles. The van der Waals surface area contributed by atoms with Crippen molar-refractivity contribution in [1.29, 1.82) is 0 Å². The number of anilines is 1. The average Bonchev–Trinajstić information content (AvgIpc) is 3.55. The molecule has 0 spiro atoms. The van der Waals surface area contributed by atoms with Gasteiger partial charge in [-0.05, 0) is 71.6 Å². The molecule has 8 nitrogen and oxygen atoms in total. The van der Waals surface area contributed by atoms with Crippen LogP contribution in [0.15, 0.2) is 29.4 Å². The molecule has 1 saturated carbocycles. The van der Waals surface area contributed by atoms with Crippen molar-refractivity contribution >= 4 is 47.3 Å². The number of rotatable bonds is 12. The van der Waals surface area contributed by atoms with Gasteiger partial charge < -0.3 is 24.6 Å². The number of methoxy groups -OCH3 is 2. The van der Waals surface area contributed by atoms with E-state index < -0.39 is 19.7 Å². The van der Waals surface area contributed by atoms with Crippen molar-refractivity contribution in [2.45, 2.75) is 88.6 Å². The van der Waals surface area contributed by atoms with E-state index in [1.54, 1.807) is 18.2 Å². The van der Waals surface area contributed by atoms with E-state index in [-0.39, 0.29) is 48.0 Å². The van der Waals surface area contributed by atoms with Gasteiger partial charge in [0.15, 0.2) is 17.8 Å². The lowest BCUT2D eigenvalue weighted by molar-refractivity contribution is 0.0512. The molecule has 0 radical (unpaired) electrons. The number of aromatic nitrogens is 3. The van der Waals surface area contributed by atoms with Crippen molar-refractivity contribution in [2.24, 2.45) is 5.92 Å². The summed E-state index contributed by atoms with van der Waals surface area (Å²) in [6.07, 6.45) is 4.31. The topological polar surface area (TPSA) is 98.6 Å². The fourth-order valence-electron chi connectivity index (χ4n) is 7.74. The number of aliphatic hydroxyl groups excluding tert-OH is 1. The summed E-state index contributed by atoms with van der Waals surface area (Å²) in [7, 11) is 0.713. The van der Waals surface area contributed by atoms with Crippen LogP contribution >= 0.6 is 11.8 Å². The molecule has 2 aromatic carbocycles. The van der Waals surface area contributed by atoms with Gasteiger partial charge in [0.05, 0.1) is 12.7 Å². The second kappa shape index (κ2) is 15.8. The molecule has 1 aliphatic rings. The zero-order valence-electron chi connectivity index (χ0n) is 30.4. The molecule has 4 aromatic rings. The second-order valence-corrected chi connectivity index (χ2v) is 20.3. The van der Waals surface area contributed by atoms with E-state index in [1.807, 2.05) is 6.26 Å². The summed E-state index contributed by atoms with van der Waals surface area (Å²) in [6, 6.07) is 6.49. The van der Waals surface area contributed by atoms with Gasteiger partial charge in [0.25, 0.3) is 0 Å². The van der Waals surface area contributed by atoms with Crippen molar-refractivity contribution in [3.63, 3.8) is 0 Å². The second-order valence-electron chi connectivity index (χ2n) is 14.0. The minimum atomic E-state index is -2.27. The van der Waals surface area contributed by atoms with Gasteiger partial charge in [-0.25, -0.2) is 23.7 Å². The van der Waals surface area contributed by atoms with Crippen LogP contribution in [0.4, 0.5) is 14.6 Å². The fraction of sp³-hybridized carbons (Fsp3) is 0.500. The highest BCUT2D eigenvalue weighted by Crippen LogP contribution is 2.44. The Morgan fingerprint density at radius 1 is 1.00 bits per heavy atom. The third-order valence-electron chi connectivity index (χ3n) is 10.2. The number of nitrogens with one attached hydrogen (secondary N) is 1. The molecule has 0 bridgehead atoms. The summed E-state index contributed by atoms with van der Waals surface area (Å²) in [5.41, 5.74) is 5.07. The molecule has 5 rings (SSSR count). The van der Waals surface area contributed by atoms with Crippen molar-refractivity contribution in [2.75, 3.05) is 39.2 Å². The third kappa shape index (κ3) is 7.15. The van der Waals surface area contributed by atoms with Gasteiger partial charge in [0.2, 0.25) is 5.88 Å². The highest BCUT2D eigenvalue weighted by Gasteiger charge is 2.42. The first-order chi connectivity index (χ1) is 23.9. The van der Waals surface area contributed by atoms with Crippen LogP contribution in [-0.2, 0) is 4.74 Å². The molecule has 12 heteroatoms. The standard InChI is InChI=1S/C38H48F2N4O4SSi/c1-21(2)50(22(3)4,23(5)6)15-14-28-30(39)13-11-25-17-27(48-20-46-7)18-29(31(25)28)34-33(40)35-32(37(42-34)47-8)36(44-38(43-35)49-9)41-26-12-10-24(16-26)19-45/h11,13,17-18,21-24,26,45H,10,12,16,19-20H2,1-9H3,(H,41,43,44)/t24-,26+/m0/s1. The van der Waals surface area contributed by atoms with Gasteiger partial charge >= 0.3 is 0 Å². The Morgan fingerprint density at radius 2 is 1.72 bits per heavy atom. The lowest BCUT2D eigenvalue weighted by Gasteiger charge is -2.38. The molecule has 0 unspecified atom stereocenters. The summed E-state index contributed by atoms with van der Waals surface area (Å²) in [6.45, 7) is 13.3. The molecule has 1 aliphatic carbocycles. The number of ether oxygens (including phenoxy) is 3. The molecular formula is C38H48F2N4O4SSi. The van der Waals surface area contributed by atoms with E-state index in [0.29, 0.717) is 55.1 Å². The Bertz CT molecular complexity index is 1910. The first-order valence-corrected chi connectivity index (χ1v) is 20.6. The van der Waals surface area contributed by atoms with Crippen LogP contribution < -0.4 is 14.8 Å². The number of benzene rings is 2. The predicted molar refractivity (Wildman–Crippen MR) is 201 cm³/mol. The zero-order chi connectivity index (χ0) is 36.3. The number of hydrogen-bond donors (Lipinski definition) is 2. The number of thioether (sulfide) groups is 1. The molecule has 2 heterocycles. The predicted octanol–water partition coefficient (Wildman–Crippen LogP) is 8.98. The molecule has 0 amide bonds. The lowest BCUT2D eigenvalue weighted by atomic mass is 9.95. The summed E-state index contributed by atoms with van der Waals surface area (Å²) < 4.78 is 50.1. The molecule has 2 atom stereocenters. The Labute approximate surface area is 299 Å². The van der Waals surface area contributed by atoms with E-state index in [0.717, 1.165) is 19.3 Å². The summed E-state index contributed by atoms with van der Waals surface area (Å²) >= 11 is 1.29. The Kier molecular flexibility index (Phi) is 11.9. The largest absolute Gasteiger partial charge is 0.480 e. The molecule has 2 N–H and O–H groups in total. The third-order valence-corrected chi connectivity index (χ3v) is 17.0. The quantitative estimate of drug-likeness (QED) is 0.0488. The van der Waals surface area contributed by atoms with Crippen LogP contribution in [-0.4, -0.2) is 68.0 Å². The highest BCUT2D eigenvalue weighted by molar-refractivity contribution is 7.98. The minimum absolute atomic E-state index is 0.0247. The Hall–Kier alpha value is -3.50. The molecule has 1 fully saturated rings. The molecule has 2 aromatic heterocycles. The lowest BCUT2D eigenvalue weighted by Crippen LogP contribution is -2.43. The van der Waals surface area contributed by atoms with Crippen LogP contribution in [0.1, 0.15) is 66.4 Å². The van der Waals surface area contributed by atoms with Gasteiger partial charge in [-0.3, -0.25) is 0 Å². The zero-order valence-corrected chi connectivity index (χ0v) is 32.2. The molecular weight excluding hydrogens is 675 g/mol. The number of hydrogen-bond acceptors (Lipinski definition) is 9. The fourth-order valence-corrected chi connectivity index (χ4v) is 13.3. The van der Waals surface area contributed by atoms with Crippen LogP contribution in [0.3, 0.4) is 0 Å². The Morgan fingerprint density at radius 3 is 2.32 bits per heavy atom. The summed E-state index contributed by atoms with van der Waals surface area (Å²) in [4.78, 5) is 14.0. The van der Waals surface area contributed by atoms with Crippen molar-refractivity contribution < 1.29 is 28.1 Å². The first-order valence-electron chi connectivity index (χ1n) is 17.2. The van der Waals surface area contributed by atoms with Crippen molar-refractivity contribution in [3.05, 3.63) is 41.5 Å². The smallest absolute Gasteiger partial charge is 0.227 e. The maximum atomic E-state index is 17.2. The number of fused-ring (bicyclic) bond motifs is 2. The van der Waals surface area contributed by atoms with Crippen molar-refractivity contribution in [1.82, 2.24) is 15.0 Å². The Balaban J connectivity index is 1.83. The van der Waals surface area contributed by atoms with Gasteiger partial charge in [-0.1, -0.05) is 65.3 Å². The average molecular weight is 723 g/mol. The van der Waals surface area contributed by atoms with Crippen LogP contribution in [0.5, 0.6) is 11.6 Å². The van der Waals surface area contributed by atoms with E-state index >= 15 is 8.78 Å². The summed E-state index contributed by atoms with van der Waals surface area (Å²) in [5.74, 6) is 3.22. The van der Waals surface area contributed by atoms with Crippen molar-refractivity contribution in [3.8, 4) is 34.4 Å². The normalized spacial score (nSPS) is 16.5. The van der Waals surface area contributed by atoms with E-state index in [2.05, 4.69) is 63.3 Å². The molecule has 0 saturated heterocycles. The number of nitrogens with zero attached hydrogens (tertiary/aromatic N) is 3. The van der Waals surface area contributed by atoms with E-state index in [4.69, 9.17) is 24.2 Å². The number of halogens is 2. The van der Waals surface area contributed by atoms with Crippen LogP contribution in [0, 0.1) is 29.0 Å². The first kappa shape index (κ1) is 37.7. The van der Waals surface area contributed by atoms with Gasteiger partial charge in [0.1, 0.15) is 42.1 Å². The highest BCUT2D eigenvalue weighted by atomic mass is 32.2. The van der Waals surface area contributed by atoms with Crippen LogP contribution in [0.25, 0.3) is 32.9 Å². The number of aliphatic hydroxyl groups is 1. The SMILES string of the molecule is COCOc1cc(-c2nc(OC)c3c(N[C@@H]4CC[C@H](CO)C4)nc(SC)nc3c2F)c2c(C#C[Si](C(C)C)(C(C)C)C(C)C)c(F)ccc2c1. The van der Waals surface area contributed by atoms with Gasteiger partial charge in [-0.15, -0.1) is 5.54 Å². The maximum absolute atomic E-state index is 17.2. The van der Waals surface area contributed by atoms with Crippen LogP contribution in [0.2, 0.25) is 16.6 Å². The summed E-state index contributed by atoms with van der Waals surface area (Å²) in [5, 5.41) is 14.9. The van der Waals surface area contributed by atoms with E-state index in [1.165, 1.54) is 32.0 Å². The minimum Gasteiger partial charge on any atom is -0.480 e. The molecule has 50 heavy (non-hydrogen) atoms. The van der Waals surface area contributed by atoms with E-state index in [9.17, 15) is 5.11 Å². The molecule has 268 valence electrons.